The molecule has 32 heavy (non-hydrogen) atoms. The van der Waals surface area contributed by atoms with Gasteiger partial charge in [-0.25, -0.2) is 0 Å². The molecule has 7 heteroatoms. The molecular weight excluding hydrogens is 420 g/mol. The summed E-state index contributed by atoms with van der Waals surface area (Å²) in [5.74, 6) is 1.02. The van der Waals surface area contributed by atoms with Gasteiger partial charge < -0.3 is 24.6 Å². The van der Waals surface area contributed by atoms with Crippen molar-refractivity contribution in [1.82, 2.24) is 14.9 Å². The number of phenols is 1. The van der Waals surface area contributed by atoms with E-state index in [9.17, 15) is 5.11 Å². The summed E-state index contributed by atoms with van der Waals surface area (Å²) >= 11 is 5.77. The number of hydrogen-bond acceptors (Lipinski definition) is 4. The molecule has 0 bridgehead atoms. The van der Waals surface area contributed by atoms with Crippen LogP contribution in [0.4, 0.5) is 5.69 Å². The lowest BCUT2D eigenvalue weighted by Gasteiger charge is -2.29. The highest BCUT2D eigenvalue weighted by atomic mass is 32.1. The second kappa shape index (κ2) is 8.36. The second-order valence-corrected chi connectivity index (χ2v) is 7.90. The number of pyridine rings is 1. The van der Waals surface area contributed by atoms with Gasteiger partial charge in [0.25, 0.3) is 0 Å². The second-order valence-electron chi connectivity index (χ2n) is 7.51. The summed E-state index contributed by atoms with van der Waals surface area (Å²) in [7, 11) is 1.66. The zero-order chi connectivity index (χ0) is 22.1. The van der Waals surface area contributed by atoms with Gasteiger partial charge in [0.2, 0.25) is 0 Å². The van der Waals surface area contributed by atoms with E-state index in [0.29, 0.717) is 5.11 Å². The first kappa shape index (κ1) is 20.1. The molecule has 160 valence electrons. The summed E-state index contributed by atoms with van der Waals surface area (Å²) < 4.78 is 7.47. The minimum atomic E-state index is -0.154. The van der Waals surface area contributed by atoms with Crippen molar-refractivity contribution >= 4 is 23.0 Å². The molecule has 2 aromatic heterocycles. The van der Waals surface area contributed by atoms with Crippen molar-refractivity contribution in [1.29, 1.82) is 0 Å². The Labute approximate surface area is 191 Å². The number of aromatic nitrogens is 2. The summed E-state index contributed by atoms with van der Waals surface area (Å²) in [4.78, 5) is 6.69. The average Bonchev–Trinajstić information content (AvgIpc) is 3.44. The van der Waals surface area contributed by atoms with Gasteiger partial charge in [-0.2, -0.15) is 0 Å². The smallest absolute Gasteiger partial charge is 0.174 e. The van der Waals surface area contributed by atoms with Gasteiger partial charge in [-0.1, -0.05) is 6.07 Å². The molecule has 0 aliphatic carbocycles. The number of anilines is 1. The summed E-state index contributed by atoms with van der Waals surface area (Å²) in [5, 5.41) is 13.9. The van der Waals surface area contributed by atoms with E-state index in [1.807, 2.05) is 66.9 Å². The molecule has 1 aliphatic rings. The fourth-order valence-electron chi connectivity index (χ4n) is 4.16. The van der Waals surface area contributed by atoms with E-state index < -0.39 is 0 Å². The number of nitrogens with one attached hydrogen (secondary N) is 1. The molecular formula is C25H22N4O2S. The summed E-state index contributed by atoms with van der Waals surface area (Å²) in [6.07, 6.45) is 3.84. The number of benzene rings is 2. The topological polar surface area (TPSA) is 62.5 Å². The van der Waals surface area contributed by atoms with Gasteiger partial charge in [0.05, 0.1) is 18.8 Å². The predicted molar refractivity (Wildman–Crippen MR) is 128 cm³/mol. The van der Waals surface area contributed by atoms with Crippen LogP contribution in [0.1, 0.15) is 23.5 Å². The molecule has 0 radical (unpaired) electrons. The molecule has 1 saturated heterocycles. The fourth-order valence-corrected chi connectivity index (χ4v) is 4.51. The molecule has 0 unspecified atom stereocenters. The highest BCUT2D eigenvalue weighted by Crippen LogP contribution is 2.42. The Balaban J connectivity index is 1.64. The third-order valence-corrected chi connectivity index (χ3v) is 5.97. The molecule has 2 aromatic carbocycles. The molecule has 1 fully saturated rings. The zero-order valence-corrected chi connectivity index (χ0v) is 18.2. The SMILES string of the molecule is COc1ccc(-n2cccc2[C@@H]2[C@H](c3ccccn3)NC(=S)N2c2ccc(O)cc2)cc1. The first-order valence-electron chi connectivity index (χ1n) is 10.3. The number of phenolic OH excluding ortho intramolecular Hbond substituents is 1. The Morgan fingerprint density at radius 2 is 1.69 bits per heavy atom. The number of thiocarbonyl (C=S) groups is 1. The number of ether oxygens (including phenoxy) is 1. The van der Waals surface area contributed by atoms with Gasteiger partial charge in [-0.05, 0) is 85.0 Å². The maximum Gasteiger partial charge on any atom is 0.174 e. The third kappa shape index (κ3) is 3.56. The van der Waals surface area contributed by atoms with Crippen LogP contribution in [0.5, 0.6) is 11.5 Å². The van der Waals surface area contributed by atoms with E-state index in [1.165, 1.54) is 0 Å². The molecule has 5 rings (SSSR count). The number of nitrogens with zero attached hydrogens (tertiary/aromatic N) is 3. The van der Waals surface area contributed by atoms with Crippen LogP contribution < -0.4 is 15.0 Å². The van der Waals surface area contributed by atoms with E-state index in [0.717, 1.165) is 28.5 Å². The Morgan fingerprint density at radius 1 is 0.938 bits per heavy atom. The minimum Gasteiger partial charge on any atom is -0.508 e. The molecule has 1 aliphatic heterocycles. The van der Waals surface area contributed by atoms with Crippen LogP contribution in [0.15, 0.2) is 91.3 Å². The standard InChI is InChI=1S/C25H22N4O2S/c1-31-20-13-9-17(10-14-20)28-16-4-6-22(28)24-23(21-5-2-3-15-26-21)27-25(32)29(24)18-7-11-19(30)12-8-18/h2-16,23-24,30H,1H3,(H,27,32)/t23-,24+/m0/s1. The largest absolute Gasteiger partial charge is 0.508 e. The highest BCUT2D eigenvalue weighted by molar-refractivity contribution is 7.80. The Hall–Kier alpha value is -3.84. The zero-order valence-electron chi connectivity index (χ0n) is 17.4. The van der Waals surface area contributed by atoms with Crippen LogP contribution in [-0.2, 0) is 0 Å². The molecule has 2 N–H and O–H groups in total. The van der Waals surface area contributed by atoms with Gasteiger partial charge in [0, 0.05) is 29.5 Å². The minimum absolute atomic E-state index is 0.149. The quantitative estimate of drug-likeness (QED) is 0.435. The summed E-state index contributed by atoms with van der Waals surface area (Å²) in [6, 6.07) is 24.8. The third-order valence-electron chi connectivity index (χ3n) is 5.66. The highest BCUT2D eigenvalue weighted by Gasteiger charge is 2.42. The van der Waals surface area contributed by atoms with Crippen LogP contribution in [0.25, 0.3) is 5.69 Å². The van der Waals surface area contributed by atoms with E-state index >= 15 is 0 Å². The number of aromatic hydroxyl groups is 1. The Bertz CT molecular complexity index is 1220. The lowest BCUT2D eigenvalue weighted by Crippen LogP contribution is -2.30. The fraction of sp³-hybridized carbons (Fsp3) is 0.120. The van der Waals surface area contributed by atoms with Crippen molar-refractivity contribution < 1.29 is 9.84 Å². The molecule has 6 nitrogen and oxygen atoms in total. The van der Waals surface area contributed by atoms with Crippen molar-refractivity contribution in [3.05, 3.63) is 103 Å². The molecule has 0 saturated carbocycles. The maximum atomic E-state index is 9.79. The monoisotopic (exact) mass is 442 g/mol. The molecule has 0 amide bonds. The molecule has 4 aromatic rings. The number of methoxy groups -OCH3 is 1. The van der Waals surface area contributed by atoms with Crippen LogP contribution in [-0.4, -0.2) is 26.9 Å². The van der Waals surface area contributed by atoms with Crippen LogP contribution in [0, 0.1) is 0 Å². The van der Waals surface area contributed by atoms with Gasteiger partial charge >= 0.3 is 0 Å². The van der Waals surface area contributed by atoms with Gasteiger partial charge in [0.1, 0.15) is 17.5 Å². The van der Waals surface area contributed by atoms with E-state index in [-0.39, 0.29) is 17.8 Å². The lowest BCUT2D eigenvalue weighted by molar-refractivity contribution is 0.414. The first-order valence-corrected chi connectivity index (χ1v) is 10.7. The van der Waals surface area contributed by atoms with E-state index in [4.69, 9.17) is 17.0 Å². The average molecular weight is 443 g/mol. The predicted octanol–water partition coefficient (Wildman–Crippen LogP) is 4.76. The normalized spacial score (nSPS) is 17.9. The Kier molecular flexibility index (Phi) is 5.25. The number of hydrogen-bond donors (Lipinski definition) is 2. The lowest BCUT2D eigenvalue weighted by atomic mass is 10.0. The Morgan fingerprint density at radius 3 is 2.38 bits per heavy atom. The van der Waals surface area contributed by atoms with Crippen LogP contribution in [0.2, 0.25) is 0 Å². The summed E-state index contributed by atoms with van der Waals surface area (Å²) in [5.41, 5.74) is 3.88. The van der Waals surface area contributed by atoms with E-state index in [1.54, 1.807) is 25.4 Å². The van der Waals surface area contributed by atoms with Gasteiger partial charge in [0.15, 0.2) is 5.11 Å². The van der Waals surface area contributed by atoms with Crippen molar-refractivity contribution in [2.75, 3.05) is 12.0 Å². The van der Waals surface area contributed by atoms with Crippen LogP contribution in [0.3, 0.4) is 0 Å². The number of rotatable bonds is 5. The summed E-state index contributed by atoms with van der Waals surface area (Å²) in [6.45, 7) is 0. The van der Waals surface area contributed by atoms with Crippen molar-refractivity contribution in [2.45, 2.75) is 12.1 Å². The van der Waals surface area contributed by atoms with Crippen molar-refractivity contribution in [3.8, 4) is 17.2 Å². The van der Waals surface area contributed by atoms with Gasteiger partial charge in [-0.15, -0.1) is 0 Å². The maximum absolute atomic E-state index is 9.79. The molecule has 0 spiro atoms. The van der Waals surface area contributed by atoms with Crippen molar-refractivity contribution in [3.63, 3.8) is 0 Å². The van der Waals surface area contributed by atoms with E-state index in [2.05, 4.69) is 25.8 Å². The van der Waals surface area contributed by atoms with Gasteiger partial charge in [-0.3, -0.25) is 4.98 Å². The molecule has 3 heterocycles. The van der Waals surface area contributed by atoms with Crippen molar-refractivity contribution in [2.24, 2.45) is 0 Å². The molecule has 2 atom stereocenters. The first-order chi connectivity index (χ1) is 15.7. The van der Waals surface area contributed by atoms with Crippen LogP contribution >= 0.6 is 12.2 Å².